The summed E-state index contributed by atoms with van der Waals surface area (Å²) >= 11 is 0. The summed E-state index contributed by atoms with van der Waals surface area (Å²) in [5.41, 5.74) is 7.59. The summed E-state index contributed by atoms with van der Waals surface area (Å²) in [6, 6.07) is 9.24. The summed E-state index contributed by atoms with van der Waals surface area (Å²) in [5.74, 6) is 2.10. The molecule has 2 aliphatic rings. The Morgan fingerprint density at radius 1 is 0.656 bits per heavy atom. The van der Waals surface area contributed by atoms with E-state index in [4.69, 9.17) is 18.9 Å². The van der Waals surface area contributed by atoms with Gasteiger partial charge in [-0.3, -0.25) is 0 Å². The summed E-state index contributed by atoms with van der Waals surface area (Å²) < 4.78 is 23.7. The molecule has 2 aliphatic heterocycles. The monoisotopic (exact) mass is 438 g/mol. The molecule has 0 N–H and O–H groups in total. The van der Waals surface area contributed by atoms with Crippen molar-refractivity contribution in [2.75, 3.05) is 13.2 Å². The topological polar surface area (TPSA) is 43.5 Å². The van der Waals surface area contributed by atoms with Gasteiger partial charge in [-0.2, -0.15) is 0 Å². The molecule has 4 atom stereocenters. The van der Waals surface area contributed by atoms with E-state index in [1.165, 1.54) is 33.4 Å². The lowest BCUT2D eigenvalue weighted by molar-refractivity contribution is 0.173. The van der Waals surface area contributed by atoms with Gasteiger partial charge in [-0.25, -0.2) is 0 Å². The Bertz CT molecular complexity index is 815. The van der Waals surface area contributed by atoms with Crippen LogP contribution in [0, 0.1) is 0 Å². The third kappa shape index (κ3) is 4.97. The maximum absolute atomic E-state index is 6.40. The Hall–Kier alpha value is -2.04. The van der Waals surface area contributed by atoms with Crippen LogP contribution >= 0.6 is 0 Å². The van der Waals surface area contributed by atoms with Gasteiger partial charge in [0.15, 0.2) is 0 Å². The van der Waals surface area contributed by atoms with Gasteiger partial charge in [0.2, 0.25) is 0 Å². The van der Waals surface area contributed by atoms with Crippen molar-refractivity contribution in [2.45, 2.75) is 91.6 Å². The van der Waals surface area contributed by atoms with Crippen LogP contribution < -0.4 is 9.47 Å². The normalized spacial score (nSPS) is 21.2. The van der Waals surface area contributed by atoms with Crippen LogP contribution in [0.4, 0.5) is 0 Å². The number of epoxide rings is 2. The highest BCUT2D eigenvalue weighted by atomic mass is 16.6. The molecule has 2 saturated heterocycles. The molecule has 0 aliphatic carbocycles. The van der Waals surface area contributed by atoms with E-state index in [-0.39, 0.29) is 24.4 Å². The number of hydrogen-bond donors (Lipinski definition) is 0. The minimum absolute atomic E-state index is 0.0868. The van der Waals surface area contributed by atoms with Gasteiger partial charge in [0.25, 0.3) is 0 Å². The number of aryl methyl sites for hydroxylation is 4. The van der Waals surface area contributed by atoms with Crippen LogP contribution in [0.2, 0.25) is 0 Å². The first-order valence-corrected chi connectivity index (χ1v) is 12.4. The number of ether oxygens (including phenoxy) is 4. The molecule has 2 fully saturated rings. The molecule has 0 aromatic heterocycles. The van der Waals surface area contributed by atoms with Crippen molar-refractivity contribution >= 4 is 0 Å². The maximum atomic E-state index is 6.40. The van der Waals surface area contributed by atoms with Crippen LogP contribution in [0.1, 0.15) is 63.8 Å². The van der Waals surface area contributed by atoms with E-state index in [1.807, 2.05) is 0 Å². The first kappa shape index (κ1) is 23.1. The Kier molecular flexibility index (Phi) is 7.11. The summed E-state index contributed by atoms with van der Waals surface area (Å²) in [5, 5.41) is 0. The molecule has 0 bridgehead atoms. The van der Waals surface area contributed by atoms with Gasteiger partial charge < -0.3 is 18.9 Å². The minimum Gasteiger partial charge on any atom is -0.487 e. The van der Waals surface area contributed by atoms with Crippen LogP contribution in [0.25, 0.3) is 11.1 Å². The molecule has 2 aromatic rings. The quantitative estimate of drug-likeness (QED) is 0.408. The highest BCUT2D eigenvalue weighted by Crippen LogP contribution is 2.38. The summed E-state index contributed by atoms with van der Waals surface area (Å²) in [6.45, 7) is 14.7. The van der Waals surface area contributed by atoms with Gasteiger partial charge >= 0.3 is 0 Å². The van der Waals surface area contributed by atoms with Crippen molar-refractivity contribution in [2.24, 2.45) is 0 Å². The lowest BCUT2D eigenvalue weighted by atomic mass is 9.92. The standard InChI is InChI=1S/C28H38O4/c1-7-19-11-23(12-20(8-2)27(19)31-17(5)25-15-29-25)24-13-21(9-3)28(22(10-4)14-24)32-18(6)26-16-30-26/h11-14,17-18,25-26H,7-10,15-16H2,1-6H3. The molecule has 0 amide bonds. The van der Waals surface area contributed by atoms with Crippen LogP contribution in [-0.2, 0) is 35.2 Å². The second-order valence-corrected chi connectivity index (χ2v) is 9.05. The molecule has 0 radical (unpaired) electrons. The highest BCUT2D eigenvalue weighted by Gasteiger charge is 2.33. The first-order chi connectivity index (χ1) is 15.5. The Labute approximate surface area is 193 Å². The van der Waals surface area contributed by atoms with Crippen molar-refractivity contribution < 1.29 is 18.9 Å². The summed E-state index contributed by atoms with van der Waals surface area (Å²) in [7, 11) is 0. The van der Waals surface area contributed by atoms with Crippen molar-refractivity contribution in [1.29, 1.82) is 0 Å². The second kappa shape index (κ2) is 9.84. The lowest BCUT2D eigenvalue weighted by Gasteiger charge is -2.22. The number of benzene rings is 2. The molecule has 4 unspecified atom stereocenters. The van der Waals surface area contributed by atoms with Crippen molar-refractivity contribution in [3.8, 4) is 22.6 Å². The molecule has 2 aromatic carbocycles. The smallest absolute Gasteiger partial charge is 0.126 e. The maximum Gasteiger partial charge on any atom is 0.126 e. The predicted molar refractivity (Wildman–Crippen MR) is 129 cm³/mol. The van der Waals surface area contributed by atoms with E-state index in [1.54, 1.807) is 0 Å². The van der Waals surface area contributed by atoms with Gasteiger partial charge in [-0.05, 0) is 97.2 Å². The molecule has 32 heavy (non-hydrogen) atoms. The molecule has 0 saturated carbocycles. The Morgan fingerprint density at radius 3 is 1.16 bits per heavy atom. The third-order valence-electron chi connectivity index (χ3n) is 6.72. The molecule has 4 nitrogen and oxygen atoms in total. The lowest BCUT2D eigenvalue weighted by Crippen LogP contribution is -2.20. The van der Waals surface area contributed by atoms with E-state index >= 15 is 0 Å². The largest absolute Gasteiger partial charge is 0.487 e. The van der Waals surface area contributed by atoms with E-state index < -0.39 is 0 Å². The number of rotatable bonds is 11. The summed E-state index contributed by atoms with van der Waals surface area (Å²) in [4.78, 5) is 0. The van der Waals surface area contributed by atoms with Gasteiger partial charge in [-0.15, -0.1) is 0 Å². The third-order valence-corrected chi connectivity index (χ3v) is 6.72. The van der Waals surface area contributed by atoms with E-state index in [0.717, 1.165) is 50.4 Å². The fraction of sp³-hybridized carbons (Fsp3) is 0.571. The van der Waals surface area contributed by atoms with Crippen LogP contribution in [0.5, 0.6) is 11.5 Å². The van der Waals surface area contributed by atoms with Crippen LogP contribution in [0.15, 0.2) is 24.3 Å². The molecular formula is C28H38O4. The van der Waals surface area contributed by atoms with E-state index in [0.29, 0.717) is 0 Å². The molecule has 0 spiro atoms. The highest BCUT2D eigenvalue weighted by molar-refractivity contribution is 5.71. The zero-order valence-corrected chi connectivity index (χ0v) is 20.5. The average molecular weight is 439 g/mol. The Morgan fingerprint density at radius 2 is 0.938 bits per heavy atom. The van der Waals surface area contributed by atoms with Crippen molar-refractivity contribution in [1.82, 2.24) is 0 Å². The van der Waals surface area contributed by atoms with Crippen molar-refractivity contribution in [3.63, 3.8) is 0 Å². The second-order valence-electron chi connectivity index (χ2n) is 9.05. The van der Waals surface area contributed by atoms with Gasteiger partial charge in [-0.1, -0.05) is 27.7 Å². The van der Waals surface area contributed by atoms with Gasteiger partial charge in [0.1, 0.15) is 35.9 Å². The zero-order chi connectivity index (χ0) is 22.8. The summed E-state index contributed by atoms with van der Waals surface area (Å²) in [6.07, 6.45) is 4.41. The van der Waals surface area contributed by atoms with E-state index in [2.05, 4.69) is 65.8 Å². The van der Waals surface area contributed by atoms with Crippen molar-refractivity contribution in [3.05, 3.63) is 46.5 Å². The minimum atomic E-state index is 0.0868. The average Bonchev–Trinajstić information content (AvgIpc) is 3.71. The van der Waals surface area contributed by atoms with Crippen LogP contribution in [0.3, 0.4) is 0 Å². The van der Waals surface area contributed by atoms with Gasteiger partial charge in [0, 0.05) is 0 Å². The van der Waals surface area contributed by atoms with E-state index in [9.17, 15) is 0 Å². The molecule has 4 heteroatoms. The molecule has 174 valence electrons. The first-order valence-electron chi connectivity index (χ1n) is 12.4. The Balaban J connectivity index is 1.71. The van der Waals surface area contributed by atoms with Crippen LogP contribution in [-0.4, -0.2) is 37.6 Å². The molecule has 2 heterocycles. The number of hydrogen-bond acceptors (Lipinski definition) is 4. The SMILES string of the molecule is CCc1cc(-c2cc(CC)c(OC(C)C3CO3)c(CC)c2)cc(CC)c1OC(C)C1CO1. The molecule has 4 rings (SSSR count). The fourth-order valence-corrected chi connectivity index (χ4v) is 4.37. The van der Waals surface area contributed by atoms with Gasteiger partial charge in [0.05, 0.1) is 13.2 Å². The predicted octanol–water partition coefficient (Wildman–Crippen LogP) is 5.94. The zero-order valence-electron chi connectivity index (χ0n) is 20.5. The fourth-order valence-electron chi connectivity index (χ4n) is 4.37. The molecular weight excluding hydrogens is 400 g/mol.